The van der Waals surface area contributed by atoms with Gasteiger partial charge < -0.3 is 5.73 Å². The molecule has 17 heavy (non-hydrogen) atoms. The van der Waals surface area contributed by atoms with Gasteiger partial charge in [0.15, 0.2) is 0 Å². The number of fused-ring (bicyclic) bond motifs is 1. The molecule has 0 aliphatic carbocycles. The Morgan fingerprint density at radius 1 is 1.29 bits per heavy atom. The second-order valence-corrected chi connectivity index (χ2v) is 4.18. The first kappa shape index (κ1) is 10.2. The number of nitrogens with two attached hydrogens (primary N) is 1. The number of benzene rings is 1. The SMILES string of the molecule is NC1CC(=O)N(c2ncnc3ccccc23)C1. The lowest BCUT2D eigenvalue weighted by Crippen LogP contribution is -2.28. The van der Waals surface area contributed by atoms with E-state index in [0.717, 1.165) is 10.9 Å². The quantitative estimate of drug-likeness (QED) is 0.779. The largest absolute Gasteiger partial charge is 0.326 e. The van der Waals surface area contributed by atoms with Crippen molar-refractivity contribution in [3.63, 3.8) is 0 Å². The number of rotatable bonds is 1. The summed E-state index contributed by atoms with van der Waals surface area (Å²) in [7, 11) is 0. The summed E-state index contributed by atoms with van der Waals surface area (Å²) in [5.41, 5.74) is 6.63. The van der Waals surface area contributed by atoms with Gasteiger partial charge >= 0.3 is 0 Å². The minimum Gasteiger partial charge on any atom is -0.326 e. The number of anilines is 1. The summed E-state index contributed by atoms with van der Waals surface area (Å²) in [4.78, 5) is 21.9. The molecule has 1 saturated heterocycles. The van der Waals surface area contributed by atoms with Gasteiger partial charge in [-0.3, -0.25) is 9.69 Å². The highest BCUT2D eigenvalue weighted by atomic mass is 16.2. The van der Waals surface area contributed by atoms with Gasteiger partial charge in [-0.15, -0.1) is 0 Å². The van der Waals surface area contributed by atoms with Gasteiger partial charge in [0.1, 0.15) is 12.1 Å². The Morgan fingerprint density at radius 2 is 2.12 bits per heavy atom. The van der Waals surface area contributed by atoms with Crippen LogP contribution in [-0.4, -0.2) is 28.5 Å². The Bertz CT molecular complexity index is 578. The van der Waals surface area contributed by atoms with Gasteiger partial charge in [-0.2, -0.15) is 0 Å². The van der Waals surface area contributed by atoms with Crippen LogP contribution in [0.3, 0.4) is 0 Å². The fourth-order valence-electron chi connectivity index (χ4n) is 2.15. The normalized spacial score (nSPS) is 20.2. The number of para-hydroxylation sites is 1. The molecular formula is C12H12N4O. The lowest BCUT2D eigenvalue weighted by molar-refractivity contribution is -0.117. The average Bonchev–Trinajstić information content (AvgIpc) is 2.68. The van der Waals surface area contributed by atoms with Crippen LogP contribution in [0, 0.1) is 0 Å². The number of hydrogen-bond acceptors (Lipinski definition) is 4. The Balaban J connectivity index is 2.14. The smallest absolute Gasteiger partial charge is 0.229 e. The Kier molecular flexibility index (Phi) is 2.26. The van der Waals surface area contributed by atoms with Crippen LogP contribution in [0.5, 0.6) is 0 Å². The van der Waals surface area contributed by atoms with Crippen molar-refractivity contribution in [1.29, 1.82) is 0 Å². The highest BCUT2D eigenvalue weighted by Crippen LogP contribution is 2.25. The van der Waals surface area contributed by atoms with Crippen LogP contribution >= 0.6 is 0 Å². The number of hydrogen-bond donors (Lipinski definition) is 1. The van der Waals surface area contributed by atoms with E-state index in [0.29, 0.717) is 18.8 Å². The zero-order chi connectivity index (χ0) is 11.8. The second kappa shape index (κ2) is 3.78. The van der Waals surface area contributed by atoms with E-state index in [2.05, 4.69) is 9.97 Å². The lowest BCUT2D eigenvalue weighted by Gasteiger charge is -2.16. The summed E-state index contributed by atoms with van der Waals surface area (Å²) >= 11 is 0. The summed E-state index contributed by atoms with van der Waals surface area (Å²) in [6.07, 6.45) is 1.87. The van der Waals surface area contributed by atoms with Crippen molar-refractivity contribution in [2.45, 2.75) is 12.5 Å². The summed E-state index contributed by atoms with van der Waals surface area (Å²) in [5, 5.41) is 0.887. The number of nitrogens with zero attached hydrogens (tertiary/aromatic N) is 3. The van der Waals surface area contributed by atoms with E-state index in [9.17, 15) is 4.79 Å². The van der Waals surface area contributed by atoms with Crippen molar-refractivity contribution in [3.8, 4) is 0 Å². The molecule has 1 aliphatic rings. The van der Waals surface area contributed by atoms with Crippen molar-refractivity contribution in [1.82, 2.24) is 9.97 Å². The predicted octanol–water partition coefficient (Wildman–Crippen LogP) is 0.694. The Morgan fingerprint density at radius 3 is 2.88 bits per heavy atom. The third-order valence-electron chi connectivity index (χ3n) is 2.93. The summed E-state index contributed by atoms with van der Waals surface area (Å²) in [5.74, 6) is 0.690. The van der Waals surface area contributed by atoms with E-state index in [1.807, 2.05) is 24.3 Å². The maximum absolute atomic E-state index is 11.8. The summed E-state index contributed by atoms with van der Waals surface area (Å²) in [6, 6.07) is 7.55. The maximum Gasteiger partial charge on any atom is 0.229 e. The molecule has 0 radical (unpaired) electrons. The Labute approximate surface area is 98.3 Å². The van der Waals surface area contributed by atoms with Crippen molar-refractivity contribution >= 4 is 22.6 Å². The first-order valence-electron chi connectivity index (χ1n) is 5.51. The minimum absolute atomic E-state index is 0.0290. The summed E-state index contributed by atoms with van der Waals surface area (Å²) < 4.78 is 0. The van der Waals surface area contributed by atoms with Gasteiger partial charge in [-0.1, -0.05) is 12.1 Å². The zero-order valence-electron chi connectivity index (χ0n) is 9.21. The first-order valence-corrected chi connectivity index (χ1v) is 5.51. The molecule has 86 valence electrons. The molecule has 0 saturated carbocycles. The predicted molar refractivity (Wildman–Crippen MR) is 64.5 cm³/mol. The molecule has 1 unspecified atom stereocenters. The van der Waals surface area contributed by atoms with Crippen LogP contribution in [0.15, 0.2) is 30.6 Å². The van der Waals surface area contributed by atoms with E-state index < -0.39 is 0 Å². The zero-order valence-corrected chi connectivity index (χ0v) is 9.21. The fourth-order valence-corrected chi connectivity index (χ4v) is 2.15. The van der Waals surface area contributed by atoms with Crippen molar-refractivity contribution in [3.05, 3.63) is 30.6 Å². The van der Waals surface area contributed by atoms with Gasteiger partial charge in [0.25, 0.3) is 0 Å². The van der Waals surface area contributed by atoms with Crippen LogP contribution < -0.4 is 10.6 Å². The van der Waals surface area contributed by atoms with E-state index >= 15 is 0 Å². The van der Waals surface area contributed by atoms with E-state index in [1.54, 1.807) is 4.90 Å². The van der Waals surface area contributed by atoms with Gasteiger partial charge in [0.05, 0.1) is 5.52 Å². The number of amides is 1. The molecule has 5 nitrogen and oxygen atoms in total. The molecule has 1 aliphatic heterocycles. The van der Waals surface area contributed by atoms with E-state index in [1.165, 1.54) is 6.33 Å². The Hall–Kier alpha value is -2.01. The van der Waals surface area contributed by atoms with Crippen molar-refractivity contribution < 1.29 is 4.79 Å². The monoisotopic (exact) mass is 228 g/mol. The number of carbonyl (C=O) groups excluding carboxylic acids is 1. The molecule has 1 amide bonds. The van der Waals surface area contributed by atoms with Crippen LogP contribution in [0.25, 0.3) is 10.9 Å². The molecule has 1 atom stereocenters. The topological polar surface area (TPSA) is 72.1 Å². The van der Waals surface area contributed by atoms with Crippen molar-refractivity contribution in [2.75, 3.05) is 11.4 Å². The molecule has 2 aromatic rings. The average molecular weight is 228 g/mol. The number of carbonyl (C=O) groups is 1. The molecule has 2 N–H and O–H groups in total. The van der Waals surface area contributed by atoms with Crippen molar-refractivity contribution in [2.24, 2.45) is 5.73 Å². The van der Waals surface area contributed by atoms with Gasteiger partial charge in [-0.05, 0) is 12.1 Å². The molecule has 1 aromatic heterocycles. The standard InChI is InChI=1S/C12H12N4O/c13-8-5-11(17)16(6-8)12-9-3-1-2-4-10(9)14-7-15-12/h1-4,7-8H,5-6,13H2. The van der Waals surface area contributed by atoms with Crippen LogP contribution in [0.1, 0.15) is 6.42 Å². The molecule has 2 heterocycles. The molecule has 1 fully saturated rings. The highest BCUT2D eigenvalue weighted by molar-refractivity contribution is 6.02. The van der Waals surface area contributed by atoms with Gasteiger partial charge in [0, 0.05) is 24.4 Å². The first-order chi connectivity index (χ1) is 8.25. The van der Waals surface area contributed by atoms with Crippen LogP contribution in [0.4, 0.5) is 5.82 Å². The van der Waals surface area contributed by atoms with Gasteiger partial charge in [-0.25, -0.2) is 9.97 Å². The fraction of sp³-hybridized carbons (Fsp3) is 0.250. The third-order valence-corrected chi connectivity index (χ3v) is 2.93. The molecule has 0 bridgehead atoms. The molecule has 5 heteroatoms. The van der Waals surface area contributed by atoms with Gasteiger partial charge in [0.2, 0.25) is 5.91 Å². The minimum atomic E-state index is -0.101. The molecular weight excluding hydrogens is 216 g/mol. The van der Waals surface area contributed by atoms with E-state index in [-0.39, 0.29) is 11.9 Å². The highest BCUT2D eigenvalue weighted by Gasteiger charge is 2.29. The molecule has 3 rings (SSSR count). The lowest BCUT2D eigenvalue weighted by atomic mass is 10.2. The number of aromatic nitrogens is 2. The molecule has 1 aromatic carbocycles. The van der Waals surface area contributed by atoms with E-state index in [4.69, 9.17) is 5.73 Å². The second-order valence-electron chi connectivity index (χ2n) is 4.18. The van der Waals surface area contributed by atoms with Crippen LogP contribution in [-0.2, 0) is 4.79 Å². The van der Waals surface area contributed by atoms with Crippen LogP contribution in [0.2, 0.25) is 0 Å². The molecule has 0 spiro atoms. The third kappa shape index (κ3) is 1.64. The maximum atomic E-state index is 11.8. The summed E-state index contributed by atoms with van der Waals surface area (Å²) in [6.45, 7) is 0.528.